The first-order chi connectivity index (χ1) is 21.9. The molecular formula is C37H41ClN2O5. The number of halogens is 1. The number of nitrogens with zero attached hydrogens (tertiary/aromatic N) is 2. The number of rotatable bonds is 13. The summed E-state index contributed by atoms with van der Waals surface area (Å²) in [5.74, 6) is -3.51. The Morgan fingerprint density at radius 2 is 1.60 bits per heavy atom. The van der Waals surface area contributed by atoms with Gasteiger partial charge in [0, 0.05) is 29.1 Å². The van der Waals surface area contributed by atoms with Gasteiger partial charge < -0.3 is 19.5 Å². The van der Waals surface area contributed by atoms with E-state index in [1.807, 2.05) is 36.4 Å². The van der Waals surface area contributed by atoms with Crippen molar-refractivity contribution in [1.29, 1.82) is 0 Å². The van der Waals surface area contributed by atoms with Crippen LogP contribution in [0.5, 0.6) is 0 Å². The Labute approximate surface area is 270 Å². The SMILES string of the molecule is CC1=NC(COCCN2CCCCC2)=C(C(=O)OCCC(c2ccccc2)c2ccccc2)C(c2cccc(Cl)c2)C1C(=O)O. The highest BCUT2D eigenvalue weighted by molar-refractivity contribution is 6.30. The van der Waals surface area contributed by atoms with Gasteiger partial charge in [-0.25, -0.2) is 4.79 Å². The molecule has 7 nitrogen and oxygen atoms in total. The van der Waals surface area contributed by atoms with Crippen LogP contribution in [0.3, 0.4) is 0 Å². The van der Waals surface area contributed by atoms with Crippen LogP contribution in [0.25, 0.3) is 0 Å². The van der Waals surface area contributed by atoms with Crippen molar-refractivity contribution in [2.45, 2.75) is 44.4 Å². The summed E-state index contributed by atoms with van der Waals surface area (Å²) >= 11 is 6.36. The van der Waals surface area contributed by atoms with Crippen LogP contribution in [-0.4, -0.2) is 67.1 Å². The van der Waals surface area contributed by atoms with Crippen molar-refractivity contribution in [2.24, 2.45) is 10.9 Å². The zero-order valence-electron chi connectivity index (χ0n) is 25.7. The maximum Gasteiger partial charge on any atom is 0.336 e. The molecule has 5 rings (SSSR count). The minimum atomic E-state index is -1.06. The summed E-state index contributed by atoms with van der Waals surface area (Å²) in [4.78, 5) is 33.7. The topological polar surface area (TPSA) is 88.4 Å². The molecule has 1 saturated heterocycles. The number of carboxylic acids is 1. The van der Waals surface area contributed by atoms with Crippen LogP contribution < -0.4 is 0 Å². The fourth-order valence-electron chi connectivity index (χ4n) is 6.45. The minimum absolute atomic E-state index is 0.0221. The zero-order chi connectivity index (χ0) is 31.6. The second kappa shape index (κ2) is 16.0. The molecule has 8 heteroatoms. The molecule has 3 aromatic carbocycles. The van der Waals surface area contributed by atoms with Gasteiger partial charge >= 0.3 is 11.9 Å². The summed E-state index contributed by atoms with van der Waals surface area (Å²) in [5, 5.41) is 10.8. The first-order valence-corrected chi connectivity index (χ1v) is 16.1. The van der Waals surface area contributed by atoms with Crippen molar-refractivity contribution in [1.82, 2.24) is 4.90 Å². The van der Waals surface area contributed by atoms with E-state index < -0.39 is 23.8 Å². The largest absolute Gasteiger partial charge is 0.481 e. The van der Waals surface area contributed by atoms with Crippen LogP contribution in [0.1, 0.15) is 61.1 Å². The smallest absolute Gasteiger partial charge is 0.336 e. The molecule has 2 aliphatic rings. The predicted octanol–water partition coefficient (Wildman–Crippen LogP) is 7.12. The highest BCUT2D eigenvalue weighted by atomic mass is 35.5. The maximum absolute atomic E-state index is 14.0. The van der Waals surface area contributed by atoms with Gasteiger partial charge in [0.15, 0.2) is 0 Å². The Kier molecular flexibility index (Phi) is 11.6. The van der Waals surface area contributed by atoms with E-state index in [4.69, 9.17) is 21.1 Å². The second-order valence-corrected chi connectivity index (χ2v) is 12.2. The van der Waals surface area contributed by atoms with Crippen molar-refractivity contribution in [3.05, 3.63) is 118 Å². The van der Waals surface area contributed by atoms with E-state index >= 15 is 0 Å². The lowest BCUT2D eigenvalue weighted by Gasteiger charge is -2.31. The summed E-state index contributed by atoms with van der Waals surface area (Å²) in [6, 6.07) is 27.3. The Hall–Kier alpha value is -3.78. The lowest BCUT2D eigenvalue weighted by Crippen LogP contribution is -2.36. The van der Waals surface area contributed by atoms with Gasteiger partial charge in [0.25, 0.3) is 0 Å². The molecule has 2 heterocycles. The number of aliphatic imine (C=N–C) groups is 1. The van der Waals surface area contributed by atoms with Crippen LogP contribution in [0, 0.1) is 5.92 Å². The number of hydrogen-bond donors (Lipinski definition) is 1. The number of piperidine rings is 1. The average Bonchev–Trinajstić information content (AvgIpc) is 3.05. The van der Waals surface area contributed by atoms with Crippen LogP contribution in [0.4, 0.5) is 0 Å². The summed E-state index contributed by atoms with van der Waals surface area (Å²) in [7, 11) is 0. The summed E-state index contributed by atoms with van der Waals surface area (Å²) in [6.07, 6.45) is 4.20. The number of carbonyl (C=O) groups excluding carboxylic acids is 1. The first-order valence-electron chi connectivity index (χ1n) is 15.8. The zero-order valence-corrected chi connectivity index (χ0v) is 26.5. The molecule has 2 aliphatic heterocycles. The quantitative estimate of drug-likeness (QED) is 0.160. The van der Waals surface area contributed by atoms with E-state index in [-0.39, 0.29) is 24.7 Å². The van der Waals surface area contributed by atoms with E-state index in [9.17, 15) is 14.7 Å². The maximum atomic E-state index is 14.0. The Morgan fingerprint density at radius 1 is 0.933 bits per heavy atom. The number of benzene rings is 3. The van der Waals surface area contributed by atoms with Crippen LogP contribution >= 0.6 is 11.6 Å². The second-order valence-electron chi connectivity index (χ2n) is 11.7. The van der Waals surface area contributed by atoms with E-state index in [1.165, 1.54) is 19.3 Å². The van der Waals surface area contributed by atoms with Gasteiger partial charge in [-0.05, 0) is 68.1 Å². The van der Waals surface area contributed by atoms with Crippen molar-refractivity contribution in [3.8, 4) is 0 Å². The third-order valence-electron chi connectivity index (χ3n) is 8.69. The molecule has 45 heavy (non-hydrogen) atoms. The molecule has 2 unspecified atom stereocenters. The Balaban J connectivity index is 1.40. The third-order valence-corrected chi connectivity index (χ3v) is 8.93. The highest BCUT2D eigenvalue weighted by Crippen LogP contribution is 2.41. The van der Waals surface area contributed by atoms with Crippen molar-refractivity contribution in [2.75, 3.05) is 39.5 Å². The molecule has 0 amide bonds. The first kappa shape index (κ1) is 32.6. The van der Waals surface area contributed by atoms with Gasteiger partial charge in [0.05, 0.1) is 31.1 Å². The molecule has 0 aromatic heterocycles. The molecule has 0 radical (unpaired) electrons. The van der Waals surface area contributed by atoms with Gasteiger partial charge in [-0.2, -0.15) is 0 Å². The van der Waals surface area contributed by atoms with Crippen LogP contribution in [0.15, 0.2) is 101 Å². The molecule has 0 spiro atoms. The predicted molar refractivity (Wildman–Crippen MR) is 177 cm³/mol. The fourth-order valence-corrected chi connectivity index (χ4v) is 6.65. The standard InChI is InChI=1S/C37H41ClN2O5/c1-26-33(36(41)42)34(29-16-11-17-30(38)24-29)35(32(39-26)25-44-23-21-40-19-9-4-10-20-40)37(43)45-22-18-31(27-12-5-2-6-13-27)28-14-7-3-8-15-28/h2-3,5-8,11-17,24,31,33-34H,4,9-10,18-23,25H2,1H3,(H,41,42). The van der Waals surface area contributed by atoms with Gasteiger partial charge in [-0.15, -0.1) is 0 Å². The van der Waals surface area contributed by atoms with Crippen molar-refractivity contribution < 1.29 is 24.2 Å². The van der Waals surface area contributed by atoms with E-state index in [0.29, 0.717) is 35.0 Å². The molecule has 1 fully saturated rings. The number of likely N-dealkylation sites (tertiary alicyclic amines) is 1. The number of hydrogen-bond acceptors (Lipinski definition) is 6. The van der Waals surface area contributed by atoms with Crippen LogP contribution in [0.2, 0.25) is 5.02 Å². The van der Waals surface area contributed by atoms with Gasteiger partial charge in [-0.1, -0.05) is 90.8 Å². The lowest BCUT2D eigenvalue weighted by atomic mass is 9.75. The number of carboxylic acid groups (broad SMARTS) is 1. The van der Waals surface area contributed by atoms with Crippen molar-refractivity contribution >= 4 is 29.3 Å². The summed E-state index contributed by atoms with van der Waals surface area (Å²) in [6.45, 7) is 5.32. The number of ether oxygens (including phenoxy) is 2. The third kappa shape index (κ3) is 8.48. The fraction of sp³-hybridized carbons (Fsp3) is 0.378. The molecule has 0 bridgehead atoms. The van der Waals surface area contributed by atoms with E-state index in [1.54, 1.807) is 31.2 Å². The molecule has 3 aromatic rings. The van der Waals surface area contributed by atoms with Crippen molar-refractivity contribution in [3.63, 3.8) is 0 Å². The monoisotopic (exact) mass is 628 g/mol. The minimum Gasteiger partial charge on any atom is -0.481 e. The highest BCUT2D eigenvalue weighted by Gasteiger charge is 2.42. The van der Waals surface area contributed by atoms with E-state index in [2.05, 4.69) is 34.2 Å². The molecule has 0 saturated carbocycles. The summed E-state index contributed by atoms with van der Waals surface area (Å²) < 4.78 is 12.1. The normalized spacial score (nSPS) is 19.0. The molecule has 2 atom stereocenters. The molecular weight excluding hydrogens is 588 g/mol. The Morgan fingerprint density at radius 3 is 2.22 bits per heavy atom. The molecule has 236 valence electrons. The van der Waals surface area contributed by atoms with Crippen LogP contribution in [-0.2, 0) is 19.1 Å². The summed E-state index contributed by atoms with van der Waals surface area (Å²) in [5.41, 5.74) is 3.90. The van der Waals surface area contributed by atoms with Gasteiger partial charge in [-0.3, -0.25) is 9.79 Å². The number of esters is 1. The van der Waals surface area contributed by atoms with Gasteiger partial charge in [0.2, 0.25) is 0 Å². The number of carbonyl (C=O) groups is 2. The number of aliphatic carboxylic acids is 1. The molecule has 1 N–H and O–H groups in total. The lowest BCUT2D eigenvalue weighted by molar-refractivity contribution is -0.141. The van der Waals surface area contributed by atoms with Gasteiger partial charge in [0.1, 0.15) is 5.92 Å². The Bertz CT molecular complexity index is 1460. The van der Waals surface area contributed by atoms with E-state index in [0.717, 1.165) is 30.8 Å². The molecule has 0 aliphatic carbocycles. The average molecular weight is 629 g/mol.